The molecular weight excluding hydrogens is 367 g/mol. The maximum atomic E-state index is 14.4. The van der Waals surface area contributed by atoms with Gasteiger partial charge in [-0.15, -0.1) is 4.72 Å². The Hall–Kier alpha value is -1.25. The van der Waals surface area contributed by atoms with Gasteiger partial charge in [-0.3, -0.25) is 4.79 Å². The predicted molar refractivity (Wildman–Crippen MR) is 95.5 cm³/mol. The molecule has 0 aromatic heterocycles. The maximum absolute atomic E-state index is 14.4. The Morgan fingerprint density at radius 3 is 2.42 bits per heavy atom. The van der Waals surface area contributed by atoms with Crippen molar-refractivity contribution in [1.82, 2.24) is 4.72 Å². The lowest BCUT2D eigenvalue weighted by Gasteiger charge is -2.35. The number of ether oxygens (including phenoxy) is 1. The molecular formula is C18H26F3NO3S. The van der Waals surface area contributed by atoms with Gasteiger partial charge in [-0.05, 0) is 32.8 Å². The summed E-state index contributed by atoms with van der Waals surface area (Å²) in [5.41, 5.74) is -2.41. The third-order valence-corrected chi connectivity index (χ3v) is 5.25. The lowest BCUT2D eigenvalue weighted by molar-refractivity contribution is -0.146. The van der Waals surface area contributed by atoms with Crippen LogP contribution in [0.25, 0.3) is 0 Å². The van der Waals surface area contributed by atoms with Crippen molar-refractivity contribution in [2.45, 2.75) is 51.3 Å². The Morgan fingerprint density at radius 2 is 1.92 bits per heavy atom. The quantitative estimate of drug-likeness (QED) is 0.539. The molecule has 0 aliphatic heterocycles. The van der Waals surface area contributed by atoms with Crippen LogP contribution in [0.3, 0.4) is 0 Å². The summed E-state index contributed by atoms with van der Waals surface area (Å²) in [6.07, 6.45) is -0.627. The number of carbonyl (C=O) groups is 1. The number of alkyl halides is 1. The Bertz CT molecular complexity index is 622. The molecule has 1 aromatic rings. The molecule has 26 heavy (non-hydrogen) atoms. The first-order chi connectivity index (χ1) is 11.9. The highest BCUT2D eigenvalue weighted by atomic mass is 32.2. The van der Waals surface area contributed by atoms with E-state index >= 15 is 0 Å². The van der Waals surface area contributed by atoms with Gasteiger partial charge < -0.3 is 9.29 Å². The van der Waals surface area contributed by atoms with Crippen LogP contribution in [-0.2, 0) is 26.4 Å². The summed E-state index contributed by atoms with van der Waals surface area (Å²) < 4.78 is 61.5. The second-order valence-electron chi connectivity index (χ2n) is 7.55. The molecule has 0 bridgehead atoms. The number of esters is 1. The molecule has 0 saturated heterocycles. The van der Waals surface area contributed by atoms with Gasteiger partial charge in [0.2, 0.25) is 0 Å². The standard InChI is InChI=1S/C18H26F3NO3S/c1-12(2)10-25-15(23)9-18(11-19,22-26(24)17(3,4)5)13-7-6-8-14(20)16(13)21/h6-8,12,22H,9-11H2,1-5H3/t18-,26-/m1/s1. The molecule has 1 rings (SSSR count). The molecule has 0 spiro atoms. The van der Waals surface area contributed by atoms with Gasteiger partial charge in [0.1, 0.15) is 17.0 Å². The molecule has 0 amide bonds. The molecule has 0 aliphatic rings. The molecule has 0 aliphatic carbocycles. The van der Waals surface area contributed by atoms with E-state index in [1.54, 1.807) is 20.8 Å². The highest BCUT2D eigenvalue weighted by Gasteiger charge is 2.45. The van der Waals surface area contributed by atoms with Crippen molar-refractivity contribution in [2.75, 3.05) is 13.3 Å². The van der Waals surface area contributed by atoms with Gasteiger partial charge in [0.25, 0.3) is 0 Å². The third kappa shape index (κ3) is 5.89. The minimum absolute atomic E-state index is 0.0568. The fraction of sp³-hybridized carbons (Fsp3) is 0.611. The van der Waals surface area contributed by atoms with Gasteiger partial charge in [0.05, 0.1) is 13.0 Å². The Morgan fingerprint density at radius 1 is 1.31 bits per heavy atom. The SMILES string of the molecule is CC(C)COC(=O)C[C@](CF)(N[S@+]([O-])C(C)(C)C)c1cccc(F)c1F. The number of carbonyl (C=O) groups excluding carboxylic acids is 1. The largest absolute Gasteiger partial charge is 0.598 e. The first kappa shape index (κ1) is 22.8. The van der Waals surface area contributed by atoms with Crippen LogP contribution < -0.4 is 4.72 Å². The Labute approximate surface area is 155 Å². The van der Waals surface area contributed by atoms with E-state index in [4.69, 9.17) is 4.74 Å². The zero-order valence-corrected chi connectivity index (χ0v) is 16.5. The molecule has 0 fully saturated rings. The van der Waals surface area contributed by atoms with Gasteiger partial charge in [-0.25, -0.2) is 13.2 Å². The van der Waals surface area contributed by atoms with Crippen LogP contribution >= 0.6 is 0 Å². The van der Waals surface area contributed by atoms with E-state index in [0.29, 0.717) is 0 Å². The number of rotatable bonds is 8. The summed E-state index contributed by atoms with van der Waals surface area (Å²) >= 11 is -1.84. The summed E-state index contributed by atoms with van der Waals surface area (Å²) in [5.74, 6) is -3.21. The van der Waals surface area contributed by atoms with E-state index in [0.717, 1.165) is 6.07 Å². The fourth-order valence-corrected chi connectivity index (χ4v) is 2.99. The monoisotopic (exact) mass is 393 g/mol. The van der Waals surface area contributed by atoms with Crippen LogP contribution in [0.4, 0.5) is 13.2 Å². The third-order valence-electron chi connectivity index (χ3n) is 3.56. The van der Waals surface area contributed by atoms with Crippen LogP contribution in [0.2, 0.25) is 0 Å². The topological polar surface area (TPSA) is 61.4 Å². The second-order valence-corrected chi connectivity index (χ2v) is 9.52. The lowest BCUT2D eigenvalue weighted by Crippen LogP contribution is -2.54. The van der Waals surface area contributed by atoms with Crippen LogP contribution in [0.15, 0.2) is 18.2 Å². The van der Waals surface area contributed by atoms with E-state index in [-0.39, 0.29) is 12.5 Å². The van der Waals surface area contributed by atoms with Crippen molar-refractivity contribution in [3.63, 3.8) is 0 Å². The normalized spacial score (nSPS) is 15.6. The minimum atomic E-state index is -2.00. The summed E-state index contributed by atoms with van der Waals surface area (Å²) in [5, 5.41) is 0. The molecule has 1 aromatic carbocycles. The van der Waals surface area contributed by atoms with Gasteiger partial charge >= 0.3 is 5.97 Å². The number of hydrogen-bond acceptors (Lipinski definition) is 4. The first-order valence-electron chi connectivity index (χ1n) is 8.28. The molecule has 148 valence electrons. The highest BCUT2D eigenvalue weighted by Crippen LogP contribution is 2.32. The van der Waals surface area contributed by atoms with Crippen molar-refractivity contribution in [2.24, 2.45) is 5.92 Å². The van der Waals surface area contributed by atoms with E-state index in [1.807, 2.05) is 13.8 Å². The molecule has 1 N–H and O–H groups in total. The first-order valence-corrected chi connectivity index (χ1v) is 9.43. The average molecular weight is 393 g/mol. The molecule has 0 heterocycles. The van der Waals surface area contributed by atoms with Crippen molar-refractivity contribution >= 4 is 17.3 Å². The molecule has 2 atom stereocenters. The smallest absolute Gasteiger partial charge is 0.308 e. The van der Waals surface area contributed by atoms with Crippen molar-refractivity contribution in [1.29, 1.82) is 0 Å². The number of hydrogen-bond donors (Lipinski definition) is 1. The molecule has 0 saturated carbocycles. The van der Waals surface area contributed by atoms with E-state index < -0.39 is 57.9 Å². The highest BCUT2D eigenvalue weighted by molar-refractivity contribution is 7.90. The van der Waals surface area contributed by atoms with Crippen molar-refractivity contribution in [3.05, 3.63) is 35.4 Å². The van der Waals surface area contributed by atoms with E-state index in [2.05, 4.69) is 4.72 Å². The zero-order valence-electron chi connectivity index (χ0n) is 15.7. The molecule has 0 unspecified atom stereocenters. The molecule has 4 nitrogen and oxygen atoms in total. The van der Waals surface area contributed by atoms with Crippen LogP contribution in [0.1, 0.15) is 46.6 Å². The number of nitrogens with one attached hydrogen (secondary N) is 1. The van der Waals surface area contributed by atoms with Gasteiger partial charge in [0, 0.05) is 16.9 Å². The van der Waals surface area contributed by atoms with Crippen LogP contribution in [-0.4, -0.2) is 28.6 Å². The van der Waals surface area contributed by atoms with Crippen LogP contribution in [0.5, 0.6) is 0 Å². The maximum Gasteiger partial charge on any atom is 0.308 e. The van der Waals surface area contributed by atoms with Crippen molar-refractivity contribution in [3.8, 4) is 0 Å². The zero-order chi connectivity index (χ0) is 20.1. The van der Waals surface area contributed by atoms with Crippen LogP contribution in [0, 0.1) is 17.6 Å². The number of benzene rings is 1. The average Bonchev–Trinajstić information content (AvgIpc) is 2.53. The van der Waals surface area contributed by atoms with Gasteiger partial charge in [-0.1, -0.05) is 26.0 Å². The van der Waals surface area contributed by atoms with E-state index in [1.165, 1.54) is 12.1 Å². The minimum Gasteiger partial charge on any atom is -0.598 e. The number of halogens is 3. The molecule has 0 radical (unpaired) electrons. The summed E-state index contributed by atoms with van der Waals surface area (Å²) in [4.78, 5) is 12.2. The Balaban J connectivity index is 3.29. The van der Waals surface area contributed by atoms with Gasteiger partial charge in [-0.2, -0.15) is 0 Å². The lowest BCUT2D eigenvalue weighted by atomic mass is 9.88. The summed E-state index contributed by atoms with van der Waals surface area (Å²) in [7, 11) is 0. The van der Waals surface area contributed by atoms with Gasteiger partial charge in [0.15, 0.2) is 11.6 Å². The summed E-state index contributed by atoms with van der Waals surface area (Å²) in [6, 6.07) is 3.26. The second kappa shape index (κ2) is 9.10. The van der Waals surface area contributed by atoms with E-state index in [9.17, 15) is 22.5 Å². The molecule has 8 heteroatoms. The predicted octanol–water partition coefficient (Wildman–Crippen LogP) is 3.77. The fourth-order valence-electron chi connectivity index (χ4n) is 2.09. The Kier molecular flexibility index (Phi) is 7.98. The summed E-state index contributed by atoms with van der Waals surface area (Å²) in [6.45, 7) is 7.40. The van der Waals surface area contributed by atoms with Crippen molar-refractivity contribution < 1.29 is 27.3 Å².